The third kappa shape index (κ3) is 2.80. The van der Waals surface area contributed by atoms with Gasteiger partial charge in [-0.2, -0.15) is 0 Å². The molecule has 0 aliphatic carbocycles. The fourth-order valence-electron chi connectivity index (χ4n) is 2.59. The van der Waals surface area contributed by atoms with Crippen molar-refractivity contribution in [1.82, 2.24) is 4.90 Å². The Kier molecular flexibility index (Phi) is 4.31. The van der Waals surface area contributed by atoms with Gasteiger partial charge in [0, 0.05) is 23.2 Å². The summed E-state index contributed by atoms with van der Waals surface area (Å²) < 4.78 is 0.933. The first-order chi connectivity index (χ1) is 10.6. The van der Waals surface area contributed by atoms with E-state index in [-0.39, 0.29) is 11.8 Å². The second-order valence-corrected chi connectivity index (χ2v) is 6.98. The van der Waals surface area contributed by atoms with Crippen molar-refractivity contribution in [1.29, 1.82) is 0 Å². The minimum atomic E-state index is -0.456. The molecule has 2 amide bonds. The Balaban J connectivity index is 1.80. The SMILES string of the molecule is CC1C(=O)N(c2cccc(Br)c2)CCN1C(=O)c1cccs1. The molecular weight excluding hydrogens is 364 g/mol. The molecule has 114 valence electrons. The van der Waals surface area contributed by atoms with Crippen molar-refractivity contribution in [3.63, 3.8) is 0 Å². The number of amides is 2. The number of carbonyl (C=O) groups excluding carboxylic acids is 2. The minimum Gasteiger partial charge on any atom is -0.324 e. The molecule has 22 heavy (non-hydrogen) atoms. The van der Waals surface area contributed by atoms with Crippen molar-refractivity contribution in [3.05, 3.63) is 51.1 Å². The fraction of sp³-hybridized carbons (Fsp3) is 0.250. The van der Waals surface area contributed by atoms with Gasteiger partial charge in [0.25, 0.3) is 5.91 Å². The summed E-state index contributed by atoms with van der Waals surface area (Å²) in [6.45, 7) is 2.84. The summed E-state index contributed by atoms with van der Waals surface area (Å²) in [5.74, 6) is -0.112. The first-order valence-corrected chi connectivity index (χ1v) is 8.66. The molecule has 1 saturated heterocycles. The van der Waals surface area contributed by atoms with Gasteiger partial charge in [-0.05, 0) is 36.6 Å². The standard InChI is InChI=1S/C16H15BrN2O2S/c1-11-15(20)19(13-5-2-4-12(17)10-13)8-7-18(11)16(21)14-6-3-9-22-14/h2-6,9-11H,7-8H2,1H3. The van der Waals surface area contributed by atoms with Crippen molar-refractivity contribution < 1.29 is 9.59 Å². The van der Waals surface area contributed by atoms with Gasteiger partial charge < -0.3 is 9.80 Å². The smallest absolute Gasteiger partial charge is 0.264 e. The predicted molar refractivity (Wildman–Crippen MR) is 91.3 cm³/mol. The van der Waals surface area contributed by atoms with Crippen molar-refractivity contribution in [2.24, 2.45) is 0 Å². The monoisotopic (exact) mass is 378 g/mol. The number of halogens is 1. The van der Waals surface area contributed by atoms with Crippen LogP contribution in [-0.4, -0.2) is 35.8 Å². The van der Waals surface area contributed by atoms with Crippen LogP contribution in [0.3, 0.4) is 0 Å². The number of benzene rings is 1. The quantitative estimate of drug-likeness (QED) is 0.803. The minimum absolute atomic E-state index is 0.0470. The Bertz CT molecular complexity index is 702. The molecule has 1 atom stereocenters. The Labute approximate surface area is 141 Å². The van der Waals surface area contributed by atoms with Crippen LogP contribution in [0.1, 0.15) is 16.6 Å². The van der Waals surface area contributed by atoms with E-state index in [0.29, 0.717) is 18.0 Å². The average molecular weight is 379 g/mol. The molecule has 3 rings (SSSR count). The maximum absolute atomic E-state index is 12.6. The van der Waals surface area contributed by atoms with Gasteiger partial charge in [0.15, 0.2) is 0 Å². The summed E-state index contributed by atoms with van der Waals surface area (Å²) in [7, 11) is 0. The number of carbonyl (C=O) groups is 2. The molecule has 0 radical (unpaired) electrons. The number of nitrogens with zero attached hydrogens (tertiary/aromatic N) is 2. The van der Waals surface area contributed by atoms with Gasteiger partial charge in [0.1, 0.15) is 6.04 Å². The van der Waals surface area contributed by atoms with Crippen LogP contribution in [0.25, 0.3) is 0 Å². The third-order valence-corrected chi connectivity index (χ3v) is 5.12. The Hall–Kier alpha value is -1.66. The van der Waals surface area contributed by atoms with Crippen molar-refractivity contribution >= 4 is 44.8 Å². The molecule has 2 aromatic rings. The summed E-state index contributed by atoms with van der Waals surface area (Å²) >= 11 is 4.83. The highest BCUT2D eigenvalue weighted by Crippen LogP contribution is 2.25. The number of hydrogen-bond donors (Lipinski definition) is 0. The van der Waals surface area contributed by atoms with Gasteiger partial charge in [-0.3, -0.25) is 9.59 Å². The van der Waals surface area contributed by atoms with Gasteiger partial charge in [-0.15, -0.1) is 11.3 Å². The van der Waals surface area contributed by atoms with Gasteiger partial charge in [-0.1, -0.05) is 28.1 Å². The number of piperazine rings is 1. The van der Waals surface area contributed by atoms with E-state index in [2.05, 4.69) is 15.9 Å². The van der Waals surface area contributed by atoms with Crippen LogP contribution < -0.4 is 4.90 Å². The summed E-state index contributed by atoms with van der Waals surface area (Å²) in [5.41, 5.74) is 0.856. The van der Waals surface area contributed by atoms with Crippen LogP contribution in [0.15, 0.2) is 46.3 Å². The number of anilines is 1. The highest BCUT2D eigenvalue weighted by molar-refractivity contribution is 9.10. The largest absolute Gasteiger partial charge is 0.324 e. The number of hydrogen-bond acceptors (Lipinski definition) is 3. The lowest BCUT2D eigenvalue weighted by Gasteiger charge is -2.39. The number of thiophene rings is 1. The van der Waals surface area contributed by atoms with E-state index in [1.54, 1.807) is 22.8 Å². The first kappa shape index (κ1) is 15.2. The molecule has 1 aliphatic rings. The molecule has 1 unspecified atom stereocenters. The summed E-state index contributed by atoms with van der Waals surface area (Å²) in [6, 6.07) is 10.8. The zero-order valence-corrected chi connectivity index (χ0v) is 14.4. The Morgan fingerprint density at radius 1 is 1.27 bits per heavy atom. The summed E-state index contributed by atoms with van der Waals surface area (Å²) in [4.78, 5) is 29.2. The molecule has 0 saturated carbocycles. The lowest BCUT2D eigenvalue weighted by molar-refractivity contribution is -0.124. The number of rotatable bonds is 2. The second-order valence-electron chi connectivity index (χ2n) is 5.12. The predicted octanol–water partition coefficient (Wildman–Crippen LogP) is 3.39. The molecule has 0 bridgehead atoms. The van der Waals surface area contributed by atoms with Crippen LogP contribution in [0.2, 0.25) is 0 Å². The average Bonchev–Trinajstić information content (AvgIpc) is 3.03. The highest BCUT2D eigenvalue weighted by atomic mass is 79.9. The second kappa shape index (κ2) is 6.22. The molecule has 2 heterocycles. The van der Waals surface area contributed by atoms with Crippen molar-refractivity contribution in [3.8, 4) is 0 Å². The van der Waals surface area contributed by atoms with E-state index in [0.717, 1.165) is 10.2 Å². The van der Waals surface area contributed by atoms with E-state index in [1.807, 2.05) is 35.7 Å². The van der Waals surface area contributed by atoms with Crippen LogP contribution in [0, 0.1) is 0 Å². The molecule has 1 aliphatic heterocycles. The molecule has 0 N–H and O–H groups in total. The maximum atomic E-state index is 12.6. The van der Waals surface area contributed by atoms with Gasteiger partial charge in [0.2, 0.25) is 5.91 Å². The van der Waals surface area contributed by atoms with E-state index in [4.69, 9.17) is 0 Å². The molecule has 1 aromatic heterocycles. The molecule has 6 heteroatoms. The topological polar surface area (TPSA) is 40.6 Å². The van der Waals surface area contributed by atoms with E-state index in [1.165, 1.54) is 11.3 Å². The zero-order chi connectivity index (χ0) is 15.7. The van der Waals surface area contributed by atoms with Crippen molar-refractivity contribution in [2.45, 2.75) is 13.0 Å². The Morgan fingerprint density at radius 2 is 2.09 bits per heavy atom. The lowest BCUT2D eigenvalue weighted by Crippen LogP contribution is -2.57. The van der Waals surface area contributed by atoms with Crippen LogP contribution in [-0.2, 0) is 4.79 Å². The van der Waals surface area contributed by atoms with Gasteiger partial charge in [-0.25, -0.2) is 0 Å². The van der Waals surface area contributed by atoms with Crippen molar-refractivity contribution in [2.75, 3.05) is 18.0 Å². The molecular formula is C16H15BrN2O2S. The lowest BCUT2D eigenvalue weighted by atomic mass is 10.1. The molecule has 1 aromatic carbocycles. The maximum Gasteiger partial charge on any atom is 0.264 e. The third-order valence-electron chi connectivity index (χ3n) is 3.77. The van der Waals surface area contributed by atoms with Gasteiger partial charge >= 0.3 is 0 Å². The normalized spacial score (nSPS) is 18.6. The van der Waals surface area contributed by atoms with Crippen LogP contribution in [0.4, 0.5) is 5.69 Å². The van der Waals surface area contributed by atoms with Gasteiger partial charge in [0.05, 0.1) is 4.88 Å². The highest BCUT2D eigenvalue weighted by Gasteiger charge is 2.35. The van der Waals surface area contributed by atoms with Crippen LogP contribution in [0.5, 0.6) is 0 Å². The molecule has 0 spiro atoms. The van der Waals surface area contributed by atoms with E-state index < -0.39 is 6.04 Å². The van der Waals surface area contributed by atoms with E-state index >= 15 is 0 Å². The fourth-order valence-corrected chi connectivity index (χ4v) is 3.66. The van der Waals surface area contributed by atoms with E-state index in [9.17, 15) is 9.59 Å². The zero-order valence-electron chi connectivity index (χ0n) is 12.0. The van der Waals surface area contributed by atoms with Crippen LogP contribution >= 0.6 is 27.3 Å². The first-order valence-electron chi connectivity index (χ1n) is 6.99. The summed E-state index contributed by atoms with van der Waals surface area (Å²) in [5, 5.41) is 1.87. The molecule has 1 fully saturated rings. The molecule has 4 nitrogen and oxygen atoms in total. The Morgan fingerprint density at radius 3 is 2.77 bits per heavy atom. The summed E-state index contributed by atoms with van der Waals surface area (Å²) in [6.07, 6.45) is 0.